The quantitative estimate of drug-likeness (QED) is 0.730. The summed E-state index contributed by atoms with van der Waals surface area (Å²) in [5.41, 5.74) is 1.91. The summed E-state index contributed by atoms with van der Waals surface area (Å²) < 4.78 is 0. The number of rotatable bonds is 7. The molecule has 102 valence electrons. The maximum Gasteiger partial charge on any atom is 0.122 e. The van der Waals surface area contributed by atoms with Gasteiger partial charge in [-0.15, -0.1) is 0 Å². The van der Waals surface area contributed by atoms with Crippen LogP contribution in [-0.4, -0.2) is 36.2 Å². The van der Waals surface area contributed by atoms with E-state index in [1.165, 1.54) is 6.42 Å². The predicted octanol–water partition coefficient (Wildman–Crippen LogP) is 2.52. The smallest absolute Gasteiger partial charge is 0.122 e. The monoisotopic (exact) mass is 250 g/mol. The lowest BCUT2D eigenvalue weighted by Crippen LogP contribution is -2.34. The number of benzene rings is 1. The Hall–Kier alpha value is -1.06. The summed E-state index contributed by atoms with van der Waals surface area (Å²) in [5.74, 6) is 0.417. The van der Waals surface area contributed by atoms with Gasteiger partial charge in [-0.2, -0.15) is 0 Å². The molecular formula is C15H26N2O. The van der Waals surface area contributed by atoms with Crippen LogP contribution in [0.25, 0.3) is 0 Å². The summed E-state index contributed by atoms with van der Waals surface area (Å²) in [5, 5.41) is 13.3. The largest absolute Gasteiger partial charge is 0.507 e. The van der Waals surface area contributed by atoms with Gasteiger partial charge < -0.3 is 15.3 Å². The van der Waals surface area contributed by atoms with Crippen molar-refractivity contribution in [3.05, 3.63) is 29.3 Å². The molecule has 1 aromatic rings. The first-order valence-corrected chi connectivity index (χ1v) is 6.74. The number of nitrogens with one attached hydrogen (secondary N) is 1. The van der Waals surface area contributed by atoms with Gasteiger partial charge in [0.05, 0.1) is 0 Å². The Morgan fingerprint density at radius 1 is 1.39 bits per heavy atom. The van der Waals surface area contributed by atoms with Crippen molar-refractivity contribution < 1.29 is 5.11 Å². The summed E-state index contributed by atoms with van der Waals surface area (Å²) in [6.45, 7) is 9.07. The third kappa shape index (κ3) is 4.31. The van der Waals surface area contributed by atoms with E-state index in [0.717, 1.165) is 30.8 Å². The second-order valence-corrected chi connectivity index (χ2v) is 5.00. The maximum absolute atomic E-state index is 9.88. The van der Waals surface area contributed by atoms with Crippen LogP contribution in [0.15, 0.2) is 18.2 Å². The van der Waals surface area contributed by atoms with Crippen LogP contribution in [0.3, 0.4) is 0 Å². The second-order valence-electron chi connectivity index (χ2n) is 5.00. The number of aryl methyl sites for hydroxylation is 1. The molecule has 0 radical (unpaired) electrons. The fraction of sp³-hybridized carbons (Fsp3) is 0.600. The van der Waals surface area contributed by atoms with Crippen LogP contribution in [0, 0.1) is 6.92 Å². The molecule has 0 fully saturated rings. The van der Waals surface area contributed by atoms with E-state index in [0.29, 0.717) is 11.8 Å². The first kappa shape index (κ1) is 15.0. The number of aromatic hydroxyl groups is 1. The Balaban J connectivity index is 2.32. The van der Waals surface area contributed by atoms with Gasteiger partial charge in [0.2, 0.25) is 0 Å². The van der Waals surface area contributed by atoms with Crippen molar-refractivity contribution in [2.24, 2.45) is 0 Å². The molecule has 1 atom stereocenters. The molecule has 0 aliphatic heterocycles. The summed E-state index contributed by atoms with van der Waals surface area (Å²) in [7, 11) is 2.15. The number of phenolic OH excluding ortho intramolecular Hbond substituents is 1. The molecule has 18 heavy (non-hydrogen) atoms. The molecule has 2 N–H and O–H groups in total. The topological polar surface area (TPSA) is 35.5 Å². The highest BCUT2D eigenvalue weighted by Gasteiger charge is 2.06. The van der Waals surface area contributed by atoms with Gasteiger partial charge in [0.15, 0.2) is 0 Å². The lowest BCUT2D eigenvalue weighted by Gasteiger charge is -2.23. The van der Waals surface area contributed by atoms with Gasteiger partial charge in [-0.1, -0.05) is 25.1 Å². The first-order valence-electron chi connectivity index (χ1n) is 6.74. The molecule has 3 heteroatoms. The third-order valence-electron chi connectivity index (χ3n) is 3.62. The lowest BCUT2D eigenvalue weighted by atomic mass is 10.1. The molecular weight excluding hydrogens is 224 g/mol. The molecule has 0 saturated heterocycles. The average Bonchev–Trinajstić information content (AvgIpc) is 2.38. The van der Waals surface area contributed by atoms with Crippen LogP contribution < -0.4 is 5.32 Å². The van der Waals surface area contributed by atoms with E-state index in [4.69, 9.17) is 0 Å². The molecule has 1 rings (SSSR count). The zero-order valence-corrected chi connectivity index (χ0v) is 12.0. The van der Waals surface area contributed by atoms with Crippen molar-refractivity contribution >= 4 is 0 Å². The number of hydrogen-bond acceptors (Lipinski definition) is 3. The lowest BCUT2D eigenvalue weighted by molar-refractivity contribution is 0.251. The Bertz CT molecular complexity index is 366. The second kappa shape index (κ2) is 7.39. The molecule has 0 bridgehead atoms. The van der Waals surface area contributed by atoms with Crippen LogP contribution >= 0.6 is 0 Å². The van der Waals surface area contributed by atoms with E-state index in [-0.39, 0.29) is 0 Å². The molecule has 0 amide bonds. The molecule has 0 heterocycles. The van der Waals surface area contributed by atoms with Gasteiger partial charge in [-0.3, -0.25) is 0 Å². The van der Waals surface area contributed by atoms with Gasteiger partial charge in [0, 0.05) is 31.2 Å². The first-order chi connectivity index (χ1) is 8.56. The molecule has 0 aromatic heterocycles. The molecule has 1 unspecified atom stereocenters. The van der Waals surface area contributed by atoms with Crippen molar-refractivity contribution in [3.63, 3.8) is 0 Å². The maximum atomic E-state index is 9.88. The fourth-order valence-corrected chi connectivity index (χ4v) is 1.87. The standard InChI is InChI=1S/C15H26N2O/c1-5-13(3)17(4)10-9-16-11-14-8-6-7-12(2)15(14)18/h6-8,13,16,18H,5,9-11H2,1-4H3. The Labute approximate surface area is 111 Å². The number of nitrogens with zero attached hydrogens (tertiary/aromatic N) is 1. The zero-order valence-electron chi connectivity index (χ0n) is 12.0. The van der Waals surface area contributed by atoms with Crippen molar-refractivity contribution in [2.75, 3.05) is 20.1 Å². The van der Waals surface area contributed by atoms with E-state index < -0.39 is 0 Å². The summed E-state index contributed by atoms with van der Waals surface area (Å²) in [6.07, 6.45) is 1.18. The van der Waals surface area contributed by atoms with Crippen LogP contribution in [0.5, 0.6) is 5.75 Å². The highest BCUT2D eigenvalue weighted by atomic mass is 16.3. The van der Waals surface area contributed by atoms with Crippen LogP contribution in [0.4, 0.5) is 0 Å². The Morgan fingerprint density at radius 2 is 2.11 bits per heavy atom. The molecule has 1 aromatic carbocycles. The van der Waals surface area contributed by atoms with Crippen molar-refractivity contribution in [1.29, 1.82) is 0 Å². The highest BCUT2D eigenvalue weighted by Crippen LogP contribution is 2.20. The van der Waals surface area contributed by atoms with Crippen LogP contribution in [-0.2, 0) is 6.54 Å². The minimum Gasteiger partial charge on any atom is -0.507 e. The SMILES string of the molecule is CCC(C)N(C)CCNCc1cccc(C)c1O. The van der Waals surface area contributed by atoms with Gasteiger partial charge in [-0.05, 0) is 32.9 Å². The van der Waals surface area contributed by atoms with Gasteiger partial charge in [0.1, 0.15) is 5.75 Å². The molecule has 3 nitrogen and oxygen atoms in total. The third-order valence-corrected chi connectivity index (χ3v) is 3.62. The van der Waals surface area contributed by atoms with E-state index in [1.54, 1.807) is 0 Å². The van der Waals surface area contributed by atoms with E-state index in [9.17, 15) is 5.11 Å². The molecule has 0 aliphatic rings. The Kier molecular flexibility index (Phi) is 6.16. The number of likely N-dealkylation sites (N-methyl/N-ethyl adjacent to an activating group) is 1. The number of hydrogen-bond donors (Lipinski definition) is 2. The summed E-state index contributed by atoms with van der Waals surface area (Å²) in [6, 6.07) is 6.50. The zero-order chi connectivity index (χ0) is 13.5. The molecule has 0 saturated carbocycles. The normalized spacial score (nSPS) is 12.9. The fourth-order valence-electron chi connectivity index (χ4n) is 1.87. The van der Waals surface area contributed by atoms with Crippen molar-refractivity contribution in [2.45, 2.75) is 39.8 Å². The number of para-hydroxylation sites is 1. The minimum absolute atomic E-state index is 0.417. The van der Waals surface area contributed by atoms with E-state index >= 15 is 0 Å². The van der Waals surface area contributed by atoms with Gasteiger partial charge in [-0.25, -0.2) is 0 Å². The van der Waals surface area contributed by atoms with Crippen molar-refractivity contribution in [1.82, 2.24) is 10.2 Å². The summed E-state index contributed by atoms with van der Waals surface area (Å²) >= 11 is 0. The van der Waals surface area contributed by atoms with Gasteiger partial charge in [0.25, 0.3) is 0 Å². The number of phenols is 1. The minimum atomic E-state index is 0.417. The molecule has 0 spiro atoms. The van der Waals surface area contributed by atoms with Gasteiger partial charge >= 0.3 is 0 Å². The summed E-state index contributed by atoms with van der Waals surface area (Å²) in [4.78, 5) is 2.35. The van der Waals surface area contributed by atoms with Crippen LogP contribution in [0.1, 0.15) is 31.4 Å². The van der Waals surface area contributed by atoms with E-state index in [1.807, 2.05) is 25.1 Å². The van der Waals surface area contributed by atoms with Crippen molar-refractivity contribution in [3.8, 4) is 5.75 Å². The van der Waals surface area contributed by atoms with Crippen LogP contribution in [0.2, 0.25) is 0 Å². The average molecular weight is 250 g/mol. The predicted molar refractivity (Wildman–Crippen MR) is 76.9 cm³/mol. The highest BCUT2D eigenvalue weighted by molar-refractivity contribution is 5.39. The molecule has 0 aliphatic carbocycles. The van der Waals surface area contributed by atoms with E-state index in [2.05, 4.69) is 31.1 Å². The Morgan fingerprint density at radius 3 is 2.78 bits per heavy atom.